The average molecular weight is 234 g/mol. The molecule has 0 aliphatic heterocycles. The van der Waals surface area contributed by atoms with Gasteiger partial charge in [0.05, 0.1) is 6.61 Å². The van der Waals surface area contributed by atoms with Gasteiger partial charge in [-0.3, -0.25) is 4.68 Å². The van der Waals surface area contributed by atoms with E-state index < -0.39 is 0 Å². The van der Waals surface area contributed by atoms with Crippen LogP contribution in [-0.2, 0) is 0 Å². The lowest BCUT2D eigenvalue weighted by atomic mass is 9.99. The van der Waals surface area contributed by atoms with Crippen molar-refractivity contribution in [2.75, 3.05) is 6.61 Å². The summed E-state index contributed by atoms with van der Waals surface area (Å²) in [5.74, 6) is 3.48. The van der Waals surface area contributed by atoms with Gasteiger partial charge >= 0.3 is 0 Å². The van der Waals surface area contributed by atoms with E-state index in [2.05, 4.69) is 18.9 Å². The van der Waals surface area contributed by atoms with Gasteiger partial charge in [-0.05, 0) is 57.3 Å². The fraction of sp³-hybridized carbons (Fsp3) is 0.786. The van der Waals surface area contributed by atoms with E-state index >= 15 is 0 Å². The van der Waals surface area contributed by atoms with E-state index in [1.807, 2.05) is 16.9 Å². The van der Waals surface area contributed by atoms with Crippen LogP contribution in [0, 0.1) is 17.8 Å². The zero-order chi connectivity index (χ0) is 11.8. The highest BCUT2D eigenvalue weighted by Crippen LogP contribution is 2.49. The Morgan fingerprint density at radius 1 is 1.29 bits per heavy atom. The molecule has 1 heterocycles. The zero-order valence-corrected chi connectivity index (χ0v) is 10.8. The fourth-order valence-electron chi connectivity index (χ4n) is 3.53. The minimum absolute atomic E-state index is 0.412. The molecular weight excluding hydrogens is 212 g/mol. The first kappa shape index (κ1) is 11.1. The Bertz CT molecular complexity index is 365. The van der Waals surface area contributed by atoms with E-state index in [-0.39, 0.29) is 0 Å². The van der Waals surface area contributed by atoms with Gasteiger partial charge in [-0.15, -0.1) is 5.10 Å². The summed E-state index contributed by atoms with van der Waals surface area (Å²) in [6, 6.07) is 2.40. The Kier molecular flexibility index (Phi) is 2.85. The van der Waals surface area contributed by atoms with E-state index in [0.29, 0.717) is 6.04 Å². The molecule has 2 aliphatic rings. The van der Waals surface area contributed by atoms with Crippen molar-refractivity contribution in [1.29, 1.82) is 0 Å². The molecule has 3 rings (SSSR count). The Hall–Kier alpha value is -0.990. The number of ether oxygens (including phenoxy) is 1. The van der Waals surface area contributed by atoms with E-state index in [4.69, 9.17) is 4.74 Å². The van der Waals surface area contributed by atoms with Gasteiger partial charge in [0.2, 0.25) is 5.88 Å². The second-order valence-corrected chi connectivity index (χ2v) is 5.88. The highest BCUT2D eigenvalue weighted by Gasteiger charge is 2.41. The molecule has 0 spiro atoms. The summed E-state index contributed by atoms with van der Waals surface area (Å²) < 4.78 is 7.83. The van der Waals surface area contributed by atoms with Crippen LogP contribution in [0.3, 0.4) is 0 Å². The maximum Gasteiger partial charge on any atom is 0.232 e. The Balaban J connectivity index is 1.57. The van der Waals surface area contributed by atoms with Crippen LogP contribution in [0.1, 0.15) is 45.6 Å². The molecule has 1 aromatic heterocycles. The van der Waals surface area contributed by atoms with Crippen LogP contribution in [0.15, 0.2) is 12.3 Å². The van der Waals surface area contributed by atoms with Crippen LogP contribution in [0.5, 0.6) is 5.88 Å². The van der Waals surface area contributed by atoms with Crippen molar-refractivity contribution >= 4 is 0 Å². The SMILES string of the molecule is CC(C)n1ccc(OCC2C3CCC2CC3)n1. The first-order valence-corrected chi connectivity index (χ1v) is 6.92. The van der Waals surface area contributed by atoms with Crippen molar-refractivity contribution in [2.45, 2.75) is 45.6 Å². The van der Waals surface area contributed by atoms with Crippen molar-refractivity contribution in [2.24, 2.45) is 17.8 Å². The van der Waals surface area contributed by atoms with Crippen LogP contribution in [-0.4, -0.2) is 16.4 Å². The minimum Gasteiger partial charge on any atom is -0.476 e. The van der Waals surface area contributed by atoms with E-state index in [1.165, 1.54) is 25.7 Å². The summed E-state index contributed by atoms with van der Waals surface area (Å²) in [5, 5.41) is 4.44. The quantitative estimate of drug-likeness (QED) is 0.799. The lowest BCUT2D eigenvalue weighted by molar-refractivity contribution is 0.204. The first-order chi connectivity index (χ1) is 8.24. The molecule has 0 unspecified atom stereocenters. The molecule has 0 N–H and O–H groups in total. The Morgan fingerprint density at radius 2 is 1.94 bits per heavy atom. The monoisotopic (exact) mass is 234 g/mol. The van der Waals surface area contributed by atoms with Crippen molar-refractivity contribution < 1.29 is 4.74 Å². The van der Waals surface area contributed by atoms with Crippen molar-refractivity contribution in [3.63, 3.8) is 0 Å². The molecular formula is C14H22N2O. The molecule has 3 nitrogen and oxygen atoms in total. The van der Waals surface area contributed by atoms with Crippen LogP contribution in [0.4, 0.5) is 0 Å². The van der Waals surface area contributed by atoms with Crippen LogP contribution in [0.25, 0.3) is 0 Å². The molecule has 0 aromatic carbocycles. The second-order valence-electron chi connectivity index (χ2n) is 5.88. The standard InChI is InChI=1S/C14H22N2O/c1-10(2)16-8-7-14(15-16)17-9-13-11-3-4-12(13)6-5-11/h7-8,10-13H,3-6,9H2,1-2H3. The van der Waals surface area contributed by atoms with Gasteiger partial charge in [0.15, 0.2) is 0 Å². The number of aromatic nitrogens is 2. The van der Waals surface area contributed by atoms with Crippen molar-refractivity contribution in [3.8, 4) is 5.88 Å². The normalized spacial score (nSPS) is 31.4. The molecule has 0 saturated heterocycles. The molecule has 17 heavy (non-hydrogen) atoms. The van der Waals surface area contributed by atoms with Gasteiger partial charge in [0.1, 0.15) is 0 Å². The lowest BCUT2D eigenvalue weighted by Gasteiger charge is -2.15. The summed E-state index contributed by atoms with van der Waals surface area (Å²) in [6.07, 6.45) is 7.72. The third-order valence-corrected chi connectivity index (χ3v) is 4.56. The van der Waals surface area contributed by atoms with E-state index in [0.717, 1.165) is 30.2 Å². The van der Waals surface area contributed by atoms with Crippen LogP contribution in [0.2, 0.25) is 0 Å². The van der Waals surface area contributed by atoms with Gasteiger partial charge in [-0.2, -0.15) is 0 Å². The van der Waals surface area contributed by atoms with Gasteiger partial charge in [-0.1, -0.05) is 0 Å². The number of hydrogen-bond acceptors (Lipinski definition) is 2. The largest absolute Gasteiger partial charge is 0.476 e. The number of hydrogen-bond donors (Lipinski definition) is 0. The Morgan fingerprint density at radius 3 is 2.47 bits per heavy atom. The molecule has 2 saturated carbocycles. The molecule has 0 radical (unpaired) electrons. The molecule has 2 bridgehead atoms. The predicted molar refractivity (Wildman–Crippen MR) is 67.0 cm³/mol. The first-order valence-electron chi connectivity index (χ1n) is 6.92. The van der Waals surface area contributed by atoms with Crippen LogP contribution < -0.4 is 4.74 Å². The zero-order valence-electron chi connectivity index (χ0n) is 10.8. The molecule has 2 aliphatic carbocycles. The smallest absolute Gasteiger partial charge is 0.232 e. The van der Waals surface area contributed by atoms with Crippen LogP contribution >= 0.6 is 0 Å². The van der Waals surface area contributed by atoms with Gasteiger partial charge in [0.25, 0.3) is 0 Å². The molecule has 94 valence electrons. The minimum atomic E-state index is 0.412. The van der Waals surface area contributed by atoms with Gasteiger partial charge in [0, 0.05) is 18.3 Å². The number of rotatable bonds is 4. The van der Waals surface area contributed by atoms with Crippen molar-refractivity contribution in [1.82, 2.24) is 9.78 Å². The highest BCUT2D eigenvalue weighted by molar-refractivity contribution is 5.06. The van der Waals surface area contributed by atoms with E-state index in [9.17, 15) is 0 Å². The summed E-state index contributed by atoms with van der Waals surface area (Å²) in [6.45, 7) is 5.15. The second kappa shape index (κ2) is 4.35. The maximum absolute atomic E-state index is 5.87. The van der Waals surface area contributed by atoms with Gasteiger partial charge in [-0.25, -0.2) is 0 Å². The molecule has 0 atom stereocenters. The maximum atomic E-state index is 5.87. The highest BCUT2D eigenvalue weighted by atomic mass is 16.5. The summed E-state index contributed by atoms with van der Waals surface area (Å²) in [7, 11) is 0. The van der Waals surface area contributed by atoms with Crippen molar-refractivity contribution in [3.05, 3.63) is 12.3 Å². The third-order valence-electron chi connectivity index (χ3n) is 4.56. The number of fused-ring (bicyclic) bond motifs is 2. The number of nitrogens with zero attached hydrogens (tertiary/aromatic N) is 2. The predicted octanol–water partition coefficient (Wildman–Crippen LogP) is 3.28. The summed E-state index contributed by atoms with van der Waals surface area (Å²) >= 11 is 0. The topological polar surface area (TPSA) is 27.1 Å². The summed E-state index contributed by atoms with van der Waals surface area (Å²) in [4.78, 5) is 0. The molecule has 2 fully saturated rings. The summed E-state index contributed by atoms with van der Waals surface area (Å²) in [5.41, 5.74) is 0. The average Bonchev–Trinajstić information content (AvgIpc) is 3.01. The Labute approximate surface area is 103 Å². The molecule has 0 amide bonds. The molecule has 1 aromatic rings. The lowest BCUT2D eigenvalue weighted by Crippen LogP contribution is -2.16. The fourth-order valence-corrected chi connectivity index (χ4v) is 3.53. The third kappa shape index (κ3) is 2.07. The van der Waals surface area contributed by atoms with Gasteiger partial charge < -0.3 is 4.74 Å². The molecule has 3 heteroatoms. The van der Waals surface area contributed by atoms with E-state index in [1.54, 1.807) is 0 Å².